The predicted octanol–water partition coefficient (Wildman–Crippen LogP) is -2.71. The van der Waals surface area contributed by atoms with E-state index in [1.165, 1.54) is 28.4 Å². The van der Waals surface area contributed by atoms with Crippen molar-refractivity contribution < 1.29 is 29.0 Å². The van der Waals surface area contributed by atoms with Gasteiger partial charge in [0.25, 0.3) is 5.91 Å². The van der Waals surface area contributed by atoms with Gasteiger partial charge in [-0.3, -0.25) is 15.4 Å². The molecule has 4 heterocycles. The fourth-order valence-electron chi connectivity index (χ4n) is 3.69. The molecule has 2 saturated heterocycles. The lowest BCUT2D eigenvalue weighted by Crippen LogP contribution is -2.75. The number of nitrogen functional groups attached to an aromatic ring is 3. The molecule has 2 aromatic rings. The summed E-state index contributed by atoms with van der Waals surface area (Å²) in [7, 11) is 1.28. The number of nitrogens with two attached hydrogens (primary N) is 3. The Labute approximate surface area is 217 Å². The molecule has 2 aliphatic heterocycles. The highest BCUT2D eigenvalue weighted by atomic mass is 32.2. The lowest BCUT2D eigenvalue weighted by molar-refractivity contribution is -0.682. The Morgan fingerprint density at radius 2 is 2.19 bits per heavy atom. The summed E-state index contributed by atoms with van der Waals surface area (Å²) in [5, 5.41) is 20.2. The molecule has 17 heteroatoms. The van der Waals surface area contributed by atoms with Crippen molar-refractivity contribution in [3.63, 3.8) is 0 Å². The molecule has 0 saturated carbocycles. The van der Waals surface area contributed by atoms with Gasteiger partial charge >= 0.3 is 5.16 Å². The third-order valence-corrected chi connectivity index (χ3v) is 9.20. The van der Waals surface area contributed by atoms with E-state index in [4.69, 9.17) is 22.1 Å². The zero-order valence-electron chi connectivity index (χ0n) is 19.2. The number of carbonyl (C=O) groups is 3. The monoisotopic (exact) mass is 553 g/mol. The van der Waals surface area contributed by atoms with Crippen LogP contribution >= 0.6 is 34.9 Å². The molecule has 0 radical (unpaired) electrons. The summed E-state index contributed by atoms with van der Waals surface area (Å²) in [6.07, 6.45) is 1.59. The number of aliphatic carboxylic acids is 1. The molecule has 2 aliphatic rings. The van der Waals surface area contributed by atoms with Crippen molar-refractivity contribution in [2.45, 2.75) is 23.5 Å². The van der Waals surface area contributed by atoms with E-state index in [2.05, 4.69) is 20.4 Å². The van der Waals surface area contributed by atoms with Crippen molar-refractivity contribution in [1.29, 1.82) is 0 Å². The van der Waals surface area contributed by atoms with Gasteiger partial charge in [-0.05, 0) is 23.7 Å². The van der Waals surface area contributed by atoms with E-state index in [9.17, 15) is 19.5 Å². The number of nitrogens with zero attached hydrogens (tertiary/aromatic N) is 5. The van der Waals surface area contributed by atoms with Gasteiger partial charge in [0.1, 0.15) is 30.4 Å². The number of nitrogens with one attached hydrogen (secondary N) is 1. The molecular formula is C19H23N9O5S3. The molecule has 2 aromatic heterocycles. The molecule has 0 spiro atoms. The van der Waals surface area contributed by atoms with Gasteiger partial charge in [0.2, 0.25) is 11.7 Å². The van der Waals surface area contributed by atoms with Crippen molar-refractivity contribution in [3.05, 3.63) is 22.8 Å². The Balaban J connectivity index is 1.44. The molecule has 7 N–H and O–H groups in total. The number of oxime groups is 1. The molecule has 0 bridgehead atoms. The molecule has 0 aromatic carbocycles. The zero-order chi connectivity index (χ0) is 26.2. The van der Waals surface area contributed by atoms with Crippen LogP contribution in [0.5, 0.6) is 0 Å². The number of hydrogen-bond donors (Lipinski definition) is 4. The number of carboxylic acids is 1. The number of aromatic nitrogens is 3. The lowest BCUT2D eigenvalue weighted by atomic mass is 9.89. The number of anilines is 2. The van der Waals surface area contributed by atoms with Crippen LogP contribution in [0.15, 0.2) is 21.9 Å². The zero-order valence-corrected chi connectivity index (χ0v) is 21.6. The number of carboxylic acid groups (broad SMARTS) is 1. The largest absolute Gasteiger partial charge is 0.549 e. The molecular weight excluding hydrogens is 530 g/mol. The van der Waals surface area contributed by atoms with Crippen LogP contribution in [-0.4, -0.2) is 74.9 Å². The van der Waals surface area contributed by atoms with Gasteiger partial charge in [0, 0.05) is 28.8 Å². The highest BCUT2D eigenvalue weighted by Gasteiger charge is 2.56. The fraction of sp³-hybridized carbons (Fsp3) is 0.421. The van der Waals surface area contributed by atoms with Crippen LogP contribution in [0.2, 0.25) is 0 Å². The average molecular weight is 554 g/mol. The Kier molecular flexibility index (Phi) is 7.14. The first kappa shape index (κ1) is 25.8. The summed E-state index contributed by atoms with van der Waals surface area (Å²) in [5.41, 5.74) is 10.9. The minimum atomic E-state index is -1.36. The molecule has 2 fully saturated rings. The molecule has 3 atom stereocenters. The smallest absolute Gasteiger partial charge is 0.384 e. The van der Waals surface area contributed by atoms with Gasteiger partial charge in [-0.15, -0.1) is 27.8 Å². The second kappa shape index (κ2) is 9.98. The molecule has 192 valence electrons. The molecule has 4 rings (SSSR count). The topological polar surface area (TPSA) is 219 Å². The Morgan fingerprint density at radius 3 is 2.83 bits per heavy atom. The summed E-state index contributed by atoms with van der Waals surface area (Å²) < 4.78 is 1.27. The van der Waals surface area contributed by atoms with E-state index < -0.39 is 34.6 Å². The summed E-state index contributed by atoms with van der Waals surface area (Å²) in [6.45, 7) is 1.67. The second-order valence-corrected chi connectivity index (χ2v) is 11.1. The third-order valence-electron chi connectivity index (χ3n) is 5.68. The standard InChI is InChI=1S/C19H23N9O5S3/c1-8-3-28(22)18(25-12(8)20)36-7-19(16(31)32)5-27-14(30)11(15(27)35-6-19)24-13(29)10(26-33-2)9-4-34-17(21)23-9/h3-4,11,15,20H,5-7,22H2,1-2H3,(H4,21,23,24,29,31,32)/t11?,15-,19?/m1/s1. The number of rotatable bonds is 8. The summed E-state index contributed by atoms with van der Waals surface area (Å²) in [6, 6.07) is -0.863. The Bertz CT molecular complexity index is 1260. The number of β-lactam (4-membered cyclic amide) rings is 1. The van der Waals surface area contributed by atoms with Crippen LogP contribution < -0.4 is 32.4 Å². The van der Waals surface area contributed by atoms with Crippen molar-refractivity contribution in [2.24, 2.45) is 10.6 Å². The third kappa shape index (κ3) is 4.72. The van der Waals surface area contributed by atoms with E-state index in [1.807, 2.05) is 0 Å². The van der Waals surface area contributed by atoms with Gasteiger partial charge in [-0.1, -0.05) is 5.16 Å². The van der Waals surface area contributed by atoms with Gasteiger partial charge in [-0.2, -0.15) is 0 Å². The van der Waals surface area contributed by atoms with E-state index in [0.29, 0.717) is 10.7 Å². The first-order chi connectivity index (χ1) is 17.1. The van der Waals surface area contributed by atoms with Crippen molar-refractivity contribution in [2.75, 3.05) is 42.5 Å². The fourth-order valence-corrected chi connectivity index (χ4v) is 6.98. The van der Waals surface area contributed by atoms with E-state index in [-0.39, 0.29) is 40.4 Å². The minimum Gasteiger partial charge on any atom is -0.549 e. The number of aryl methyl sites for hydroxylation is 1. The van der Waals surface area contributed by atoms with Crippen LogP contribution in [-0.2, 0) is 19.2 Å². The lowest BCUT2D eigenvalue weighted by Gasteiger charge is -2.55. The molecule has 2 amide bonds. The molecule has 0 aliphatic carbocycles. The van der Waals surface area contributed by atoms with Crippen molar-refractivity contribution in [1.82, 2.24) is 20.2 Å². The minimum absolute atomic E-state index is 0.0540. The van der Waals surface area contributed by atoms with Crippen LogP contribution in [0.3, 0.4) is 0 Å². The number of thioether (sulfide) groups is 2. The van der Waals surface area contributed by atoms with E-state index >= 15 is 0 Å². The SMILES string of the molecule is CON=C(C(=O)NC1C(=O)N2CC(CSc3nc(N)c(C)c[n+]3N)(C(=O)[O-])CS[C@H]12)c1csc(N)n1. The first-order valence-corrected chi connectivity index (χ1v) is 13.3. The van der Waals surface area contributed by atoms with Gasteiger partial charge in [0.15, 0.2) is 10.8 Å². The van der Waals surface area contributed by atoms with Gasteiger partial charge < -0.3 is 36.4 Å². The number of hydrogen-bond acceptors (Lipinski definition) is 14. The number of fused-ring (bicyclic) bond motifs is 1. The van der Waals surface area contributed by atoms with E-state index in [1.54, 1.807) is 18.5 Å². The normalized spacial score (nSPS) is 23.6. The van der Waals surface area contributed by atoms with Crippen molar-refractivity contribution in [3.8, 4) is 0 Å². The van der Waals surface area contributed by atoms with Gasteiger partial charge in [-0.25, -0.2) is 4.98 Å². The highest BCUT2D eigenvalue weighted by Crippen LogP contribution is 2.43. The quantitative estimate of drug-likeness (QED) is 0.0499. The average Bonchev–Trinajstić information content (AvgIpc) is 3.27. The maximum Gasteiger partial charge on any atom is 0.384 e. The van der Waals surface area contributed by atoms with Crippen LogP contribution in [0.4, 0.5) is 10.9 Å². The molecule has 2 unspecified atom stereocenters. The maximum atomic E-state index is 12.9. The summed E-state index contributed by atoms with van der Waals surface area (Å²) in [5.74, 6) is 4.05. The van der Waals surface area contributed by atoms with Crippen LogP contribution in [0.25, 0.3) is 0 Å². The Hall–Kier alpha value is -3.31. The Morgan fingerprint density at radius 1 is 1.44 bits per heavy atom. The highest BCUT2D eigenvalue weighted by molar-refractivity contribution is 8.00. The van der Waals surface area contributed by atoms with Crippen LogP contribution in [0, 0.1) is 12.3 Å². The second-order valence-electron chi connectivity index (χ2n) is 8.17. The predicted molar refractivity (Wildman–Crippen MR) is 132 cm³/mol. The first-order valence-electron chi connectivity index (χ1n) is 10.4. The number of carbonyl (C=O) groups excluding carboxylic acids is 3. The maximum absolute atomic E-state index is 12.9. The number of amides is 2. The summed E-state index contributed by atoms with van der Waals surface area (Å²) in [4.78, 5) is 52.3. The van der Waals surface area contributed by atoms with Crippen LogP contribution in [0.1, 0.15) is 11.3 Å². The number of thiazole rings is 1. The van der Waals surface area contributed by atoms with Gasteiger partial charge in [0.05, 0.1) is 11.5 Å². The van der Waals surface area contributed by atoms with E-state index in [0.717, 1.165) is 23.1 Å². The molecule has 36 heavy (non-hydrogen) atoms. The van der Waals surface area contributed by atoms with Crippen molar-refractivity contribution >= 4 is 69.3 Å². The molecule has 14 nitrogen and oxygen atoms in total. The summed E-state index contributed by atoms with van der Waals surface area (Å²) >= 11 is 3.48.